The van der Waals surface area contributed by atoms with E-state index < -0.39 is 29.8 Å². The second-order valence-corrected chi connectivity index (χ2v) is 3.98. The highest BCUT2D eigenvalue weighted by atomic mass is 19.2. The normalized spacial score (nSPS) is 10.5. The highest BCUT2D eigenvalue weighted by Crippen LogP contribution is 2.26. The summed E-state index contributed by atoms with van der Waals surface area (Å²) in [5.74, 6) is -3.95. The molecule has 0 aliphatic carbocycles. The zero-order valence-corrected chi connectivity index (χ0v) is 9.66. The minimum Gasteiger partial charge on any atom is -0.481 e. The summed E-state index contributed by atoms with van der Waals surface area (Å²) >= 11 is 0. The highest BCUT2D eigenvalue weighted by Gasteiger charge is 2.13. The van der Waals surface area contributed by atoms with Crippen LogP contribution in [0.4, 0.5) is 13.2 Å². The molecule has 19 heavy (non-hydrogen) atoms. The van der Waals surface area contributed by atoms with Crippen molar-refractivity contribution in [1.29, 1.82) is 0 Å². The minimum atomic E-state index is -1.20. The second-order valence-electron chi connectivity index (χ2n) is 3.98. The Morgan fingerprint density at radius 1 is 1.05 bits per heavy atom. The number of hydrogen-bond donors (Lipinski definition) is 1. The lowest BCUT2D eigenvalue weighted by Crippen LogP contribution is -2.03. The van der Waals surface area contributed by atoms with Crippen LogP contribution in [-0.2, 0) is 11.2 Å². The van der Waals surface area contributed by atoms with Crippen LogP contribution in [-0.4, -0.2) is 11.1 Å². The Kier molecular flexibility index (Phi) is 3.55. The maximum absolute atomic E-state index is 13.6. The van der Waals surface area contributed by atoms with E-state index in [9.17, 15) is 18.0 Å². The number of benzene rings is 2. The highest BCUT2D eigenvalue weighted by molar-refractivity contribution is 5.72. The van der Waals surface area contributed by atoms with Crippen LogP contribution < -0.4 is 0 Å². The summed E-state index contributed by atoms with van der Waals surface area (Å²) in [6, 6.07) is 7.17. The molecule has 2 rings (SSSR count). The van der Waals surface area contributed by atoms with Gasteiger partial charge < -0.3 is 5.11 Å². The van der Waals surface area contributed by atoms with Gasteiger partial charge in [0, 0.05) is 5.56 Å². The Morgan fingerprint density at radius 3 is 2.47 bits per heavy atom. The Morgan fingerprint density at radius 2 is 1.79 bits per heavy atom. The smallest absolute Gasteiger partial charge is 0.307 e. The van der Waals surface area contributed by atoms with Gasteiger partial charge in [-0.3, -0.25) is 4.79 Å². The summed E-state index contributed by atoms with van der Waals surface area (Å²) in [7, 11) is 0. The van der Waals surface area contributed by atoms with Gasteiger partial charge >= 0.3 is 5.97 Å². The van der Waals surface area contributed by atoms with Crippen molar-refractivity contribution >= 4 is 5.97 Å². The van der Waals surface area contributed by atoms with Crippen LogP contribution in [0.5, 0.6) is 0 Å². The number of carboxylic acid groups (broad SMARTS) is 1. The van der Waals surface area contributed by atoms with E-state index in [2.05, 4.69) is 0 Å². The number of hydrogen-bond acceptors (Lipinski definition) is 1. The third-order valence-corrected chi connectivity index (χ3v) is 2.65. The molecule has 0 bridgehead atoms. The molecule has 0 fully saturated rings. The van der Waals surface area contributed by atoms with Crippen molar-refractivity contribution in [2.75, 3.05) is 0 Å². The van der Waals surface area contributed by atoms with Crippen LogP contribution in [0, 0.1) is 17.5 Å². The number of halogens is 3. The summed E-state index contributed by atoms with van der Waals surface area (Å²) in [5, 5.41) is 8.65. The molecule has 0 aliphatic rings. The topological polar surface area (TPSA) is 37.3 Å². The van der Waals surface area contributed by atoms with Gasteiger partial charge in [-0.1, -0.05) is 18.2 Å². The van der Waals surface area contributed by atoms with Crippen LogP contribution in [0.2, 0.25) is 0 Å². The molecule has 1 N–H and O–H groups in total. The van der Waals surface area contributed by atoms with Crippen molar-refractivity contribution in [2.45, 2.75) is 6.42 Å². The van der Waals surface area contributed by atoms with E-state index in [0.717, 1.165) is 12.1 Å². The van der Waals surface area contributed by atoms with Crippen molar-refractivity contribution in [2.24, 2.45) is 0 Å². The SMILES string of the molecule is O=C(O)Cc1cc(-c2cccc(F)c2F)ccc1F. The largest absolute Gasteiger partial charge is 0.481 e. The predicted molar refractivity (Wildman–Crippen MR) is 63.1 cm³/mol. The molecule has 2 aromatic rings. The summed E-state index contributed by atoms with van der Waals surface area (Å²) in [6.07, 6.45) is -0.517. The first-order chi connectivity index (χ1) is 8.99. The fraction of sp³-hybridized carbons (Fsp3) is 0.0714. The fourth-order valence-electron chi connectivity index (χ4n) is 1.77. The van der Waals surface area contributed by atoms with Crippen molar-refractivity contribution in [3.63, 3.8) is 0 Å². The zero-order chi connectivity index (χ0) is 14.0. The Balaban J connectivity index is 2.51. The van der Waals surface area contributed by atoms with Crippen LogP contribution in [0.15, 0.2) is 36.4 Å². The van der Waals surface area contributed by atoms with Gasteiger partial charge in [0.1, 0.15) is 5.82 Å². The van der Waals surface area contributed by atoms with Crippen molar-refractivity contribution in [3.8, 4) is 11.1 Å². The van der Waals surface area contributed by atoms with Gasteiger partial charge in [-0.2, -0.15) is 0 Å². The Hall–Kier alpha value is -2.30. The third kappa shape index (κ3) is 2.76. The molecule has 0 heterocycles. The Labute approximate surface area is 107 Å². The summed E-state index contributed by atoms with van der Waals surface area (Å²) < 4.78 is 40.1. The van der Waals surface area contributed by atoms with E-state index in [-0.39, 0.29) is 16.7 Å². The van der Waals surface area contributed by atoms with E-state index in [1.54, 1.807) is 0 Å². The first-order valence-corrected chi connectivity index (χ1v) is 5.43. The molecular weight excluding hydrogens is 257 g/mol. The lowest BCUT2D eigenvalue weighted by Gasteiger charge is -2.07. The van der Waals surface area contributed by atoms with E-state index >= 15 is 0 Å². The summed E-state index contributed by atoms with van der Waals surface area (Å²) in [4.78, 5) is 10.6. The van der Waals surface area contributed by atoms with Crippen molar-refractivity contribution < 1.29 is 23.1 Å². The van der Waals surface area contributed by atoms with Crippen LogP contribution in [0.3, 0.4) is 0 Å². The number of rotatable bonds is 3. The first kappa shape index (κ1) is 13.1. The molecule has 0 aromatic heterocycles. The predicted octanol–water partition coefficient (Wildman–Crippen LogP) is 3.40. The van der Waals surface area contributed by atoms with E-state index in [4.69, 9.17) is 5.11 Å². The average Bonchev–Trinajstić information content (AvgIpc) is 2.35. The zero-order valence-electron chi connectivity index (χ0n) is 9.66. The number of carboxylic acids is 1. The van der Waals surface area contributed by atoms with Crippen molar-refractivity contribution in [1.82, 2.24) is 0 Å². The van der Waals surface area contributed by atoms with Crippen LogP contribution in [0.1, 0.15) is 5.56 Å². The molecular formula is C14H9F3O2. The maximum atomic E-state index is 13.6. The van der Waals surface area contributed by atoms with Gasteiger partial charge in [0.15, 0.2) is 11.6 Å². The second kappa shape index (κ2) is 5.14. The van der Waals surface area contributed by atoms with Crippen LogP contribution in [0.25, 0.3) is 11.1 Å². The van der Waals surface area contributed by atoms with Crippen LogP contribution >= 0.6 is 0 Å². The fourth-order valence-corrected chi connectivity index (χ4v) is 1.77. The molecule has 0 saturated carbocycles. The maximum Gasteiger partial charge on any atom is 0.307 e. The minimum absolute atomic E-state index is 0.0355. The molecule has 0 atom stereocenters. The van der Waals surface area contributed by atoms with Gasteiger partial charge in [-0.25, -0.2) is 13.2 Å². The lowest BCUT2D eigenvalue weighted by molar-refractivity contribution is -0.136. The van der Waals surface area contributed by atoms with Gasteiger partial charge in [-0.15, -0.1) is 0 Å². The molecule has 2 nitrogen and oxygen atoms in total. The number of aliphatic carboxylic acids is 1. The molecule has 0 radical (unpaired) electrons. The van der Waals surface area contributed by atoms with E-state index in [1.165, 1.54) is 24.3 Å². The molecule has 5 heteroatoms. The molecule has 0 spiro atoms. The summed E-state index contributed by atoms with van der Waals surface area (Å²) in [6.45, 7) is 0. The van der Waals surface area contributed by atoms with Gasteiger partial charge in [0.2, 0.25) is 0 Å². The molecule has 2 aromatic carbocycles. The van der Waals surface area contributed by atoms with E-state index in [0.29, 0.717) is 0 Å². The molecule has 98 valence electrons. The first-order valence-electron chi connectivity index (χ1n) is 5.43. The quantitative estimate of drug-likeness (QED) is 0.924. The lowest BCUT2D eigenvalue weighted by atomic mass is 10.0. The molecule has 0 unspecified atom stereocenters. The number of carbonyl (C=O) groups is 1. The third-order valence-electron chi connectivity index (χ3n) is 2.65. The van der Waals surface area contributed by atoms with Crippen molar-refractivity contribution in [3.05, 3.63) is 59.4 Å². The standard InChI is InChI=1S/C14H9F3O2/c15-11-5-4-8(6-9(11)7-13(18)19)10-2-1-3-12(16)14(10)17/h1-6H,7H2,(H,18,19). The molecule has 0 saturated heterocycles. The molecule has 0 aliphatic heterocycles. The molecule has 0 amide bonds. The Bertz CT molecular complexity index is 639. The van der Waals surface area contributed by atoms with Gasteiger partial charge in [0.05, 0.1) is 6.42 Å². The van der Waals surface area contributed by atoms with E-state index in [1.807, 2.05) is 0 Å². The van der Waals surface area contributed by atoms with Gasteiger partial charge in [0.25, 0.3) is 0 Å². The average molecular weight is 266 g/mol. The van der Waals surface area contributed by atoms with Gasteiger partial charge in [-0.05, 0) is 29.3 Å². The summed E-state index contributed by atoms with van der Waals surface area (Å²) in [5.41, 5.74) is 0.120. The monoisotopic (exact) mass is 266 g/mol.